The van der Waals surface area contributed by atoms with Gasteiger partial charge in [-0.05, 0) is 38.5 Å². The molecule has 0 aromatic carbocycles. The van der Waals surface area contributed by atoms with E-state index in [9.17, 15) is 15.0 Å². The minimum atomic E-state index is -0.714. The lowest BCUT2D eigenvalue weighted by molar-refractivity contribution is -0.137. The van der Waals surface area contributed by atoms with Crippen LogP contribution in [0.25, 0.3) is 0 Å². The first-order chi connectivity index (χ1) is 10.6. The molecule has 0 rings (SSSR count). The fourth-order valence-electron chi connectivity index (χ4n) is 2.14. The van der Waals surface area contributed by atoms with Crippen molar-refractivity contribution in [1.82, 2.24) is 0 Å². The van der Waals surface area contributed by atoms with Crippen molar-refractivity contribution >= 4 is 5.97 Å². The molecule has 0 unspecified atom stereocenters. The summed E-state index contributed by atoms with van der Waals surface area (Å²) >= 11 is 0. The highest BCUT2D eigenvalue weighted by atomic mass is 16.4. The molecule has 0 aromatic rings. The van der Waals surface area contributed by atoms with Crippen LogP contribution >= 0.6 is 0 Å². The predicted molar refractivity (Wildman–Crippen MR) is 89.8 cm³/mol. The lowest BCUT2D eigenvalue weighted by Gasteiger charge is -2.14. The summed E-state index contributed by atoms with van der Waals surface area (Å²) in [5, 5.41) is 28.0. The summed E-state index contributed by atoms with van der Waals surface area (Å²) in [6.45, 7) is 2.04. The lowest BCUT2D eigenvalue weighted by Crippen LogP contribution is -2.24. The summed E-state index contributed by atoms with van der Waals surface area (Å²) in [4.78, 5) is 10.3. The smallest absolute Gasteiger partial charge is 0.303 e. The molecule has 4 nitrogen and oxygen atoms in total. The van der Waals surface area contributed by atoms with Crippen molar-refractivity contribution in [1.29, 1.82) is 0 Å². The number of aliphatic hydroxyl groups excluding tert-OH is 2. The van der Waals surface area contributed by atoms with E-state index in [-0.39, 0.29) is 6.42 Å². The quantitative estimate of drug-likeness (QED) is 0.336. The molecule has 0 saturated carbocycles. The topological polar surface area (TPSA) is 77.8 Å². The average molecular weight is 312 g/mol. The zero-order valence-electron chi connectivity index (χ0n) is 13.8. The van der Waals surface area contributed by atoms with Crippen molar-refractivity contribution in [3.8, 4) is 0 Å². The van der Waals surface area contributed by atoms with Crippen molar-refractivity contribution in [3.63, 3.8) is 0 Å². The normalized spacial score (nSPS) is 14.7. The second kappa shape index (κ2) is 14.8. The molecular formula is C18H32O4. The van der Waals surface area contributed by atoms with E-state index < -0.39 is 18.2 Å². The molecule has 2 atom stereocenters. The van der Waals surface area contributed by atoms with Gasteiger partial charge in [0.1, 0.15) is 0 Å². The molecule has 0 aliphatic carbocycles. The molecular weight excluding hydrogens is 280 g/mol. The second-order valence-electron chi connectivity index (χ2n) is 5.66. The number of carbonyl (C=O) groups is 1. The van der Waals surface area contributed by atoms with Gasteiger partial charge in [-0.1, -0.05) is 50.5 Å². The predicted octanol–water partition coefficient (Wildman–Crippen LogP) is 3.83. The van der Waals surface area contributed by atoms with Crippen molar-refractivity contribution in [3.05, 3.63) is 24.3 Å². The van der Waals surface area contributed by atoms with Gasteiger partial charge in [0, 0.05) is 6.42 Å². The van der Waals surface area contributed by atoms with Crippen LogP contribution in [0.2, 0.25) is 0 Å². The van der Waals surface area contributed by atoms with E-state index in [0.717, 1.165) is 44.9 Å². The number of unbranched alkanes of at least 4 members (excludes halogenated alkanes) is 5. The largest absolute Gasteiger partial charge is 0.481 e. The van der Waals surface area contributed by atoms with Crippen LogP contribution in [0.15, 0.2) is 24.3 Å². The third kappa shape index (κ3) is 13.8. The summed E-state index contributed by atoms with van der Waals surface area (Å²) in [7, 11) is 0. The average Bonchev–Trinajstić information content (AvgIpc) is 2.48. The van der Waals surface area contributed by atoms with Crippen molar-refractivity contribution in [2.75, 3.05) is 0 Å². The number of aliphatic hydroxyl groups is 2. The monoisotopic (exact) mass is 312 g/mol. The van der Waals surface area contributed by atoms with Gasteiger partial charge in [0.25, 0.3) is 0 Å². The van der Waals surface area contributed by atoms with Gasteiger partial charge in [-0.25, -0.2) is 0 Å². The molecule has 0 heterocycles. The minimum absolute atomic E-state index is 0.271. The standard InChI is InChI=1S/C18H32O4/c1-2-3-10-13-16(19)17(20)14-11-8-6-4-5-7-9-12-15-18(21)22/h3,8,10-11,16-17,19-20H,2,4-7,9,12-15H2,1H3,(H,21,22)/b10-3-,11-8-/t16-,17+/m0/s1. The van der Waals surface area contributed by atoms with Gasteiger partial charge in [0.2, 0.25) is 0 Å². The van der Waals surface area contributed by atoms with Crippen LogP contribution in [-0.2, 0) is 4.79 Å². The first-order valence-electron chi connectivity index (χ1n) is 8.45. The van der Waals surface area contributed by atoms with Crippen molar-refractivity contribution in [2.45, 2.75) is 83.3 Å². The first-order valence-corrected chi connectivity index (χ1v) is 8.45. The summed E-state index contributed by atoms with van der Waals surface area (Å²) in [5.41, 5.74) is 0. The molecule has 0 saturated heterocycles. The van der Waals surface area contributed by atoms with Crippen LogP contribution in [0, 0.1) is 0 Å². The van der Waals surface area contributed by atoms with Gasteiger partial charge in [-0.2, -0.15) is 0 Å². The Kier molecular flexibility index (Phi) is 14.0. The van der Waals surface area contributed by atoms with E-state index in [2.05, 4.69) is 6.08 Å². The highest BCUT2D eigenvalue weighted by Crippen LogP contribution is 2.09. The maximum absolute atomic E-state index is 10.3. The lowest BCUT2D eigenvalue weighted by atomic mass is 10.1. The molecule has 3 N–H and O–H groups in total. The molecule has 0 radical (unpaired) electrons. The van der Waals surface area contributed by atoms with E-state index in [1.807, 2.05) is 25.2 Å². The van der Waals surface area contributed by atoms with E-state index in [0.29, 0.717) is 12.8 Å². The summed E-state index contributed by atoms with van der Waals surface area (Å²) in [6.07, 6.45) is 14.7. The minimum Gasteiger partial charge on any atom is -0.481 e. The van der Waals surface area contributed by atoms with Crippen molar-refractivity contribution in [2.24, 2.45) is 0 Å². The fourth-order valence-corrected chi connectivity index (χ4v) is 2.14. The molecule has 0 aliphatic heterocycles. The fraction of sp³-hybridized carbons (Fsp3) is 0.722. The van der Waals surface area contributed by atoms with Gasteiger partial charge >= 0.3 is 5.97 Å². The zero-order chi connectivity index (χ0) is 16.6. The van der Waals surface area contributed by atoms with Gasteiger partial charge in [-0.15, -0.1) is 0 Å². The second-order valence-corrected chi connectivity index (χ2v) is 5.66. The zero-order valence-corrected chi connectivity index (χ0v) is 13.8. The maximum atomic E-state index is 10.3. The van der Waals surface area contributed by atoms with Crippen LogP contribution in [0.3, 0.4) is 0 Å². The molecule has 0 aliphatic rings. The molecule has 128 valence electrons. The first kappa shape index (κ1) is 20.9. The Morgan fingerprint density at radius 2 is 1.41 bits per heavy atom. The van der Waals surface area contributed by atoms with Crippen LogP contribution in [-0.4, -0.2) is 33.5 Å². The third-order valence-corrected chi connectivity index (χ3v) is 3.53. The molecule has 0 fully saturated rings. The Balaban J connectivity index is 3.49. The molecule has 0 aromatic heterocycles. The number of carboxylic acid groups (broad SMARTS) is 1. The van der Waals surface area contributed by atoms with E-state index in [1.165, 1.54) is 0 Å². The highest BCUT2D eigenvalue weighted by Gasteiger charge is 2.12. The number of hydrogen-bond donors (Lipinski definition) is 3. The molecule has 22 heavy (non-hydrogen) atoms. The molecule has 0 amide bonds. The van der Waals surface area contributed by atoms with Gasteiger partial charge < -0.3 is 15.3 Å². The SMILES string of the molecule is CC/C=C\C[C@H](O)[C@H](O)C/C=C\CCCCCCCC(=O)O. The Morgan fingerprint density at radius 1 is 0.864 bits per heavy atom. The Labute approximate surface area is 134 Å². The van der Waals surface area contributed by atoms with Crippen LogP contribution < -0.4 is 0 Å². The molecule has 0 bridgehead atoms. The summed E-state index contributed by atoms with van der Waals surface area (Å²) < 4.78 is 0. The maximum Gasteiger partial charge on any atom is 0.303 e. The Bertz CT molecular complexity index is 323. The summed E-state index contributed by atoms with van der Waals surface area (Å²) in [5.74, 6) is -0.714. The number of allylic oxidation sites excluding steroid dienone is 2. The Hall–Kier alpha value is -1.13. The van der Waals surface area contributed by atoms with Gasteiger partial charge in [-0.3, -0.25) is 4.79 Å². The van der Waals surface area contributed by atoms with E-state index in [4.69, 9.17) is 5.11 Å². The summed E-state index contributed by atoms with van der Waals surface area (Å²) in [6, 6.07) is 0. The molecule has 0 spiro atoms. The Morgan fingerprint density at radius 3 is 2.00 bits per heavy atom. The number of hydrogen-bond acceptors (Lipinski definition) is 3. The van der Waals surface area contributed by atoms with Crippen molar-refractivity contribution < 1.29 is 20.1 Å². The highest BCUT2D eigenvalue weighted by molar-refractivity contribution is 5.66. The number of carboxylic acids is 1. The number of rotatable bonds is 14. The van der Waals surface area contributed by atoms with E-state index >= 15 is 0 Å². The van der Waals surface area contributed by atoms with Crippen LogP contribution in [0.5, 0.6) is 0 Å². The van der Waals surface area contributed by atoms with Gasteiger partial charge in [0.05, 0.1) is 12.2 Å². The van der Waals surface area contributed by atoms with Gasteiger partial charge in [0.15, 0.2) is 0 Å². The van der Waals surface area contributed by atoms with Crippen LogP contribution in [0.1, 0.15) is 71.1 Å². The van der Waals surface area contributed by atoms with Crippen LogP contribution in [0.4, 0.5) is 0 Å². The van der Waals surface area contributed by atoms with E-state index in [1.54, 1.807) is 0 Å². The third-order valence-electron chi connectivity index (χ3n) is 3.53. The molecule has 4 heteroatoms. The number of aliphatic carboxylic acids is 1.